The fourth-order valence-corrected chi connectivity index (χ4v) is 5.17. The molecule has 2 aromatic rings. The minimum atomic E-state index is -0.672. The van der Waals surface area contributed by atoms with E-state index in [1.54, 1.807) is 34.0 Å². The van der Waals surface area contributed by atoms with Crippen molar-refractivity contribution in [2.24, 2.45) is 5.92 Å². The molecule has 2 aliphatic rings. The molecule has 0 saturated carbocycles. The number of rotatable bonds is 5. The Balaban J connectivity index is 1.60. The minimum Gasteiger partial charge on any atom is -0.333 e. The average molecular weight is 546 g/mol. The first-order valence-corrected chi connectivity index (χ1v) is 12.3. The Labute approximate surface area is 212 Å². The number of likely N-dealkylation sites (N-methyl/N-ethyl adjacent to an activating group) is 1. The van der Waals surface area contributed by atoms with E-state index < -0.39 is 18.2 Å². The molecule has 2 fully saturated rings. The van der Waals surface area contributed by atoms with Gasteiger partial charge in [0.2, 0.25) is 11.8 Å². The third-order valence-electron chi connectivity index (χ3n) is 6.33. The molecule has 4 amide bonds. The average Bonchev–Trinajstić information content (AvgIpc) is 2.79. The summed E-state index contributed by atoms with van der Waals surface area (Å²) in [5.74, 6) is -0.788. The van der Waals surface area contributed by atoms with Crippen molar-refractivity contribution in [2.75, 3.05) is 20.1 Å². The zero-order valence-corrected chi connectivity index (χ0v) is 21.5. The number of urea groups is 1. The van der Waals surface area contributed by atoms with Crippen molar-refractivity contribution in [2.45, 2.75) is 39.1 Å². The Kier molecular flexibility index (Phi) is 7.42. The molecule has 2 heterocycles. The number of halogens is 2. The quantitative estimate of drug-likeness (QED) is 0.626. The maximum atomic E-state index is 13.5. The molecular formula is C25H29BrFN5O3. The number of carbonyl (C=O) groups is 3. The summed E-state index contributed by atoms with van der Waals surface area (Å²) in [5.41, 5.74) is 1.70. The SMILES string of the molecule is CC(C)[C@H]1C(=O)N(Cc2cccc(Br)c2)C[C@H]2N1C(=O)CN(C)N2C(=O)NCc1ccc(F)cc1. The van der Waals surface area contributed by atoms with Gasteiger partial charge in [-0.25, -0.2) is 19.2 Å². The van der Waals surface area contributed by atoms with E-state index in [0.717, 1.165) is 15.6 Å². The number of hydrogen-bond donors (Lipinski definition) is 1. The van der Waals surface area contributed by atoms with Crippen LogP contribution in [0.5, 0.6) is 0 Å². The molecule has 2 saturated heterocycles. The van der Waals surface area contributed by atoms with Crippen molar-refractivity contribution >= 4 is 33.8 Å². The summed E-state index contributed by atoms with van der Waals surface area (Å²) >= 11 is 3.47. The van der Waals surface area contributed by atoms with Gasteiger partial charge in [0.05, 0.1) is 13.1 Å². The lowest BCUT2D eigenvalue weighted by atomic mass is 9.96. The molecule has 186 valence electrons. The predicted molar refractivity (Wildman–Crippen MR) is 132 cm³/mol. The van der Waals surface area contributed by atoms with Gasteiger partial charge in [-0.3, -0.25) is 9.59 Å². The fourth-order valence-electron chi connectivity index (χ4n) is 4.72. The van der Waals surface area contributed by atoms with E-state index >= 15 is 0 Å². The van der Waals surface area contributed by atoms with Crippen LogP contribution in [0.1, 0.15) is 25.0 Å². The zero-order chi connectivity index (χ0) is 25.3. The smallest absolute Gasteiger partial charge is 0.333 e. The van der Waals surface area contributed by atoms with Gasteiger partial charge in [0, 0.05) is 24.6 Å². The van der Waals surface area contributed by atoms with Crippen LogP contribution in [0.15, 0.2) is 53.0 Å². The number of piperazine rings is 1. The number of nitrogens with one attached hydrogen (secondary N) is 1. The van der Waals surface area contributed by atoms with Crippen LogP contribution in [0, 0.1) is 11.7 Å². The van der Waals surface area contributed by atoms with Crippen molar-refractivity contribution < 1.29 is 18.8 Å². The molecule has 0 aliphatic carbocycles. The summed E-state index contributed by atoms with van der Waals surface area (Å²) in [7, 11) is 1.69. The number of nitrogens with zero attached hydrogens (tertiary/aromatic N) is 4. The van der Waals surface area contributed by atoms with Crippen LogP contribution in [0.3, 0.4) is 0 Å². The van der Waals surface area contributed by atoms with Gasteiger partial charge in [0.1, 0.15) is 18.0 Å². The van der Waals surface area contributed by atoms with E-state index in [9.17, 15) is 18.8 Å². The Morgan fingerprint density at radius 2 is 1.86 bits per heavy atom. The predicted octanol–water partition coefficient (Wildman–Crippen LogP) is 3.18. The normalized spacial score (nSPS) is 20.9. The molecule has 10 heteroatoms. The van der Waals surface area contributed by atoms with Gasteiger partial charge in [0.25, 0.3) is 0 Å². The number of benzene rings is 2. The molecule has 0 spiro atoms. The number of hydrogen-bond acceptors (Lipinski definition) is 4. The standard InChI is InChI=1S/C25H29BrFN5O3/c1-16(2)23-24(34)30(13-18-5-4-6-19(26)11-18)14-21-31(23)22(33)15-29(3)32(21)25(35)28-12-17-7-9-20(27)10-8-17/h4-11,16,21,23H,12-15H2,1-3H3,(H,28,35)/t21-,23-/m0/s1. The second-order valence-electron chi connectivity index (χ2n) is 9.26. The number of fused-ring (bicyclic) bond motifs is 1. The third kappa shape index (κ3) is 5.33. The second-order valence-corrected chi connectivity index (χ2v) is 10.2. The molecule has 8 nitrogen and oxygen atoms in total. The van der Waals surface area contributed by atoms with Gasteiger partial charge in [-0.05, 0) is 41.3 Å². The van der Waals surface area contributed by atoms with E-state index in [4.69, 9.17) is 0 Å². The Bertz CT molecular complexity index is 1110. The van der Waals surface area contributed by atoms with Gasteiger partial charge in [0.15, 0.2) is 0 Å². The van der Waals surface area contributed by atoms with E-state index in [2.05, 4.69) is 21.2 Å². The molecule has 2 aliphatic heterocycles. The highest BCUT2D eigenvalue weighted by Gasteiger charge is 2.51. The van der Waals surface area contributed by atoms with Crippen molar-refractivity contribution in [1.29, 1.82) is 0 Å². The first kappa shape index (κ1) is 25.1. The number of carbonyl (C=O) groups excluding carboxylic acids is 3. The van der Waals surface area contributed by atoms with Gasteiger partial charge in [-0.1, -0.05) is 54.0 Å². The molecule has 0 aromatic heterocycles. The molecule has 2 aromatic carbocycles. The van der Waals surface area contributed by atoms with Crippen LogP contribution in [0.2, 0.25) is 0 Å². The summed E-state index contributed by atoms with van der Waals surface area (Å²) < 4.78 is 14.1. The molecule has 0 bridgehead atoms. The second kappa shape index (κ2) is 10.3. The topological polar surface area (TPSA) is 76.2 Å². The van der Waals surface area contributed by atoms with E-state index in [1.165, 1.54) is 17.1 Å². The maximum Gasteiger partial charge on any atom is 0.334 e. The molecule has 35 heavy (non-hydrogen) atoms. The van der Waals surface area contributed by atoms with Crippen LogP contribution in [-0.4, -0.2) is 70.0 Å². The van der Waals surface area contributed by atoms with Crippen LogP contribution in [0.25, 0.3) is 0 Å². The van der Waals surface area contributed by atoms with Gasteiger partial charge >= 0.3 is 6.03 Å². The first-order valence-electron chi connectivity index (χ1n) is 11.5. The number of amides is 4. The van der Waals surface area contributed by atoms with Crippen LogP contribution in [0.4, 0.5) is 9.18 Å². The maximum absolute atomic E-state index is 13.5. The largest absolute Gasteiger partial charge is 0.334 e. The van der Waals surface area contributed by atoms with Crippen molar-refractivity contribution in [3.8, 4) is 0 Å². The lowest BCUT2D eigenvalue weighted by Crippen LogP contribution is -2.76. The lowest BCUT2D eigenvalue weighted by Gasteiger charge is -2.55. The lowest BCUT2D eigenvalue weighted by molar-refractivity contribution is -0.190. The van der Waals surface area contributed by atoms with Crippen molar-refractivity contribution in [1.82, 2.24) is 25.1 Å². The Morgan fingerprint density at radius 1 is 1.14 bits per heavy atom. The molecule has 2 atom stereocenters. The summed E-state index contributed by atoms with van der Waals surface area (Å²) in [6.07, 6.45) is -0.647. The van der Waals surface area contributed by atoms with Crippen molar-refractivity contribution in [3.05, 3.63) is 69.9 Å². The van der Waals surface area contributed by atoms with E-state index in [0.29, 0.717) is 6.54 Å². The van der Waals surface area contributed by atoms with Gasteiger partial charge in [-0.15, -0.1) is 0 Å². The molecule has 1 N–H and O–H groups in total. The highest BCUT2D eigenvalue weighted by Crippen LogP contribution is 2.30. The van der Waals surface area contributed by atoms with Crippen molar-refractivity contribution in [3.63, 3.8) is 0 Å². The van der Waals surface area contributed by atoms with Gasteiger partial charge < -0.3 is 15.1 Å². The summed E-state index contributed by atoms with van der Waals surface area (Å²) in [6, 6.07) is 12.6. The number of hydrazine groups is 1. The molecule has 0 radical (unpaired) electrons. The summed E-state index contributed by atoms with van der Waals surface area (Å²) in [5, 5.41) is 5.97. The highest BCUT2D eigenvalue weighted by atomic mass is 79.9. The first-order chi connectivity index (χ1) is 16.7. The zero-order valence-electron chi connectivity index (χ0n) is 19.9. The fraction of sp³-hybridized carbons (Fsp3) is 0.400. The summed E-state index contributed by atoms with van der Waals surface area (Å²) in [6.45, 7) is 4.57. The summed E-state index contributed by atoms with van der Waals surface area (Å²) in [4.78, 5) is 43.2. The molecule has 4 rings (SSSR count). The monoisotopic (exact) mass is 545 g/mol. The van der Waals surface area contributed by atoms with Crippen LogP contribution >= 0.6 is 15.9 Å². The molecule has 0 unspecified atom stereocenters. The van der Waals surface area contributed by atoms with E-state index in [1.807, 2.05) is 38.1 Å². The van der Waals surface area contributed by atoms with E-state index in [-0.39, 0.29) is 43.2 Å². The van der Waals surface area contributed by atoms with Gasteiger partial charge in [-0.2, -0.15) is 0 Å². The van der Waals surface area contributed by atoms with Crippen LogP contribution in [-0.2, 0) is 22.7 Å². The Hall–Kier alpha value is -2.98. The Morgan fingerprint density at radius 3 is 2.51 bits per heavy atom. The third-order valence-corrected chi connectivity index (χ3v) is 6.82. The minimum absolute atomic E-state index is 0.0113. The van der Waals surface area contributed by atoms with Crippen LogP contribution < -0.4 is 5.32 Å². The molecular weight excluding hydrogens is 517 g/mol. The highest BCUT2D eigenvalue weighted by molar-refractivity contribution is 9.10.